The van der Waals surface area contributed by atoms with Gasteiger partial charge in [0.15, 0.2) is 0 Å². The molecule has 2 aromatic carbocycles. The van der Waals surface area contributed by atoms with Crippen molar-refractivity contribution in [2.45, 2.75) is 13.0 Å². The molecule has 0 bridgehead atoms. The summed E-state index contributed by atoms with van der Waals surface area (Å²) in [5.41, 5.74) is 5.72. The lowest BCUT2D eigenvalue weighted by Crippen LogP contribution is -2.28. The number of aliphatic imine (C=N–C) groups is 1. The minimum Gasteiger partial charge on any atom is -0.344 e. The Balaban J connectivity index is 0.00000182. The number of rotatable bonds is 1. The second-order valence-electron chi connectivity index (χ2n) is 6.07. The first kappa shape index (κ1) is 18.3. The lowest BCUT2D eigenvalue weighted by atomic mass is 9.93. The van der Waals surface area contributed by atoms with E-state index in [4.69, 9.17) is 23.2 Å². The molecule has 2 N–H and O–H groups in total. The zero-order valence-corrected chi connectivity index (χ0v) is 16.0. The molecule has 0 radical (unpaired) electrons. The maximum absolute atomic E-state index is 6.47. The number of hydrogen-bond donors (Lipinski definition) is 2. The predicted octanol–water partition coefficient (Wildman–Crippen LogP) is 4.84. The van der Waals surface area contributed by atoms with E-state index in [1.807, 2.05) is 37.3 Å². The molecule has 2 aromatic rings. The van der Waals surface area contributed by atoms with Crippen LogP contribution >= 0.6 is 35.6 Å². The van der Waals surface area contributed by atoms with Crippen LogP contribution in [0.2, 0.25) is 10.0 Å². The van der Waals surface area contributed by atoms with Gasteiger partial charge in [-0.1, -0.05) is 47.5 Å². The van der Waals surface area contributed by atoms with Crippen LogP contribution in [0.3, 0.4) is 0 Å². The Hall–Kier alpha value is -1.52. The van der Waals surface area contributed by atoms with Gasteiger partial charge in [0.1, 0.15) is 0 Å². The molecule has 4 rings (SSSR count). The SMILES string of the molecule is CC1=NCC2=C(N1)c1ccc(Cl)cc1C(c1ccccc1Cl)NC2.Cl. The Morgan fingerprint density at radius 3 is 2.68 bits per heavy atom. The minimum atomic E-state index is -0.0138. The number of nitrogens with one attached hydrogen (secondary N) is 2. The van der Waals surface area contributed by atoms with Crippen LogP contribution in [0.15, 0.2) is 53.0 Å². The van der Waals surface area contributed by atoms with E-state index < -0.39 is 0 Å². The standard InChI is InChI=1S/C19H17Cl2N3.ClH/c1-11-22-9-12-10-23-19(15-4-2-3-5-17(15)21)16-8-13(20)6-7-14(16)18(12)24-11;/h2-8,19,23H,9-10H2,1H3,(H,22,24);1H. The largest absolute Gasteiger partial charge is 0.344 e. The van der Waals surface area contributed by atoms with Gasteiger partial charge in [-0.3, -0.25) is 4.99 Å². The molecule has 6 heteroatoms. The number of hydrogen-bond acceptors (Lipinski definition) is 3. The van der Waals surface area contributed by atoms with Crippen LogP contribution in [-0.2, 0) is 0 Å². The van der Waals surface area contributed by atoms with E-state index in [0.29, 0.717) is 6.54 Å². The molecule has 0 saturated carbocycles. The molecule has 0 saturated heterocycles. The van der Waals surface area contributed by atoms with Gasteiger partial charge in [0.2, 0.25) is 0 Å². The highest BCUT2D eigenvalue weighted by Crippen LogP contribution is 2.37. The maximum atomic E-state index is 6.47. The van der Waals surface area contributed by atoms with Crippen LogP contribution in [0.4, 0.5) is 0 Å². The van der Waals surface area contributed by atoms with E-state index in [-0.39, 0.29) is 18.4 Å². The highest BCUT2D eigenvalue weighted by molar-refractivity contribution is 6.31. The molecule has 2 aliphatic heterocycles. The summed E-state index contributed by atoms with van der Waals surface area (Å²) in [5, 5.41) is 8.53. The summed E-state index contributed by atoms with van der Waals surface area (Å²) >= 11 is 12.8. The quantitative estimate of drug-likeness (QED) is 0.726. The minimum absolute atomic E-state index is 0. The van der Waals surface area contributed by atoms with Crippen molar-refractivity contribution >= 4 is 47.1 Å². The van der Waals surface area contributed by atoms with Crippen molar-refractivity contribution in [3.8, 4) is 0 Å². The molecule has 25 heavy (non-hydrogen) atoms. The Kier molecular flexibility index (Phi) is 5.40. The van der Waals surface area contributed by atoms with Crippen LogP contribution in [0, 0.1) is 0 Å². The molecule has 0 aromatic heterocycles. The summed E-state index contributed by atoms with van der Waals surface area (Å²) in [6.45, 7) is 3.45. The monoisotopic (exact) mass is 393 g/mol. The van der Waals surface area contributed by atoms with Gasteiger partial charge in [-0.2, -0.15) is 0 Å². The first-order valence-electron chi connectivity index (χ1n) is 7.91. The lowest BCUT2D eigenvalue weighted by Gasteiger charge is -2.22. The molecule has 3 nitrogen and oxygen atoms in total. The smallest absolute Gasteiger partial charge is 0.0979 e. The molecule has 0 fully saturated rings. The van der Waals surface area contributed by atoms with Crippen molar-refractivity contribution in [1.29, 1.82) is 0 Å². The fourth-order valence-electron chi connectivity index (χ4n) is 3.33. The predicted molar refractivity (Wildman–Crippen MR) is 108 cm³/mol. The molecule has 1 unspecified atom stereocenters. The van der Waals surface area contributed by atoms with Crippen molar-refractivity contribution < 1.29 is 0 Å². The number of fused-ring (bicyclic) bond motifs is 2. The number of amidine groups is 1. The Morgan fingerprint density at radius 1 is 1.08 bits per heavy atom. The van der Waals surface area contributed by atoms with Gasteiger partial charge < -0.3 is 10.6 Å². The zero-order valence-electron chi connectivity index (χ0n) is 13.6. The molecular formula is C19H18Cl3N3. The van der Waals surface area contributed by atoms with Crippen molar-refractivity contribution in [3.05, 3.63) is 74.8 Å². The van der Waals surface area contributed by atoms with Crippen LogP contribution in [0.25, 0.3) is 5.70 Å². The number of benzene rings is 2. The van der Waals surface area contributed by atoms with Crippen LogP contribution in [0.1, 0.15) is 29.7 Å². The third-order valence-electron chi connectivity index (χ3n) is 4.50. The Morgan fingerprint density at radius 2 is 1.88 bits per heavy atom. The molecule has 0 amide bonds. The molecular weight excluding hydrogens is 377 g/mol. The van der Waals surface area contributed by atoms with Crippen molar-refractivity contribution in [3.63, 3.8) is 0 Å². The topological polar surface area (TPSA) is 36.4 Å². The van der Waals surface area contributed by atoms with Crippen molar-refractivity contribution in [2.75, 3.05) is 13.1 Å². The fourth-order valence-corrected chi connectivity index (χ4v) is 3.75. The lowest BCUT2D eigenvalue weighted by molar-refractivity contribution is 0.642. The summed E-state index contributed by atoms with van der Waals surface area (Å²) < 4.78 is 0. The maximum Gasteiger partial charge on any atom is 0.0979 e. The molecule has 0 aliphatic carbocycles. The van der Waals surface area contributed by atoms with E-state index >= 15 is 0 Å². The Labute approximate surface area is 163 Å². The van der Waals surface area contributed by atoms with Crippen LogP contribution < -0.4 is 10.6 Å². The van der Waals surface area contributed by atoms with Crippen LogP contribution in [0.5, 0.6) is 0 Å². The highest BCUT2D eigenvalue weighted by Gasteiger charge is 2.27. The molecule has 1 atom stereocenters. The van der Waals surface area contributed by atoms with E-state index in [0.717, 1.165) is 44.8 Å². The third-order valence-corrected chi connectivity index (χ3v) is 5.08. The van der Waals surface area contributed by atoms with Crippen LogP contribution in [-0.4, -0.2) is 18.9 Å². The summed E-state index contributed by atoms with van der Waals surface area (Å²) in [6.07, 6.45) is 0. The summed E-state index contributed by atoms with van der Waals surface area (Å²) in [4.78, 5) is 4.52. The zero-order chi connectivity index (χ0) is 16.7. The van der Waals surface area contributed by atoms with Gasteiger partial charge in [0.25, 0.3) is 0 Å². The van der Waals surface area contributed by atoms with Gasteiger partial charge in [0.05, 0.1) is 18.4 Å². The van der Waals surface area contributed by atoms with Gasteiger partial charge in [-0.05, 0) is 41.8 Å². The molecule has 2 heterocycles. The molecule has 130 valence electrons. The van der Waals surface area contributed by atoms with Gasteiger partial charge in [-0.15, -0.1) is 12.4 Å². The third kappa shape index (κ3) is 3.42. The van der Waals surface area contributed by atoms with Gasteiger partial charge in [0, 0.05) is 27.9 Å². The second kappa shape index (κ2) is 7.38. The average Bonchev–Trinajstić information content (AvgIpc) is 2.72. The normalized spacial score (nSPS) is 19.0. The first-order chi connectivity index (χ1) is 11.6. The average molecular weight is 395 g/mol. The van der Waals surface area contributed by atoms with Gasteiger partial charge in [-0.25, -0.2) is 0 Å². The number of nitrogens with zero attached hydrogens (tertiary/aromatic N) is 1. The molecule has 0 spiro atoms. The first-order valence-corrected chi connectivity index (χ1v) is 8.67. The fraction of sp³-hybridized carbons (Fsp3) is 0.211. The van der Waals surface area contributed by atoms with E-state index in [2.05, 4.69) is 27.8 Å². The molecule has 2 aliphatic rings. The van der Waals surface area contributed by atoms with Crippen molar-refractivity contribution in [1.82, 2.24) is 10.6 Å². The van der Waals surface area contributed by atoms with E-state index in [9.17, 15) is 0 Å². The van der Waals surface area contributed by atoms with Crippen molar-refractivity contribution in [2.24, 2.45) is 4.99 Å². The summed E-state index contributed by atoms with van der Waals surface area (Å²) in [7, 11) is 0. The summed E-state index contributed by atoms with van der Waals surface area (Å²) in [6, 6.07) is 14.0. The van der Waals surface area contributed by atoms with E-state index in [1.54, 1.807) is 0 Å². The van der Waals surface area contributed by atoms with Gasteiger partial charge >= 0.3 is 0 Å². The Bertz CT molecular complexity index is 874. The summed E-state index contributed by atoms with van der Waals surface area (Å²) in [5.74, 6) is 0.936. The van der Waals surface area contributed by atoms with E-state index in [1.165, 1.54) is 5.57 Å². The second-order valence-corrected chi connectivity index (χ2v) is 6.92. The highest BCUT2D eigenvalue weighted by atomic mass is 35.5. The number of halogens is 3.